The predicted molar refractivity (Wildman–Crippen MR) is 63.1 cm³/mol. The van der Waals surface area contributed by atoms with E-state index < -0.39 is 63.4 Å². The zero-order chi connectivity index (χ0) is 23.5. The average molecular weight is 462 g/mol. The molecule has 0 aromatic heterocycles. The lowest BCUT2D eigenvalue weighted by atomic mass is 9.32. The first-order chi connectivity index (χ1) is 12.2. The van der Waals surface area contributed by atoms with Crippen LogP contribution in [0.15, 0.2) is 0 Å². The van der Waals surface area contributed by atoms with Crippen LogP contribution in [0.25, 0.3) is 0 Å². The molecule has 4 saturated carbocycles. The van der Waals surface area contributed by atoms with Gasteiger partial charge in [0.1, 0.15) is 0 Å². The van der Waals surface area contributed by atoms with Crippen LogP contribution in [-0.4, -0.2) is 52.5 Å². The summed E-state index contributed by atoms with van der Waals surface area (Å²) in [6.07, 6.45) is 0. The van der Waals surface area contributed by atoms with E-state index in [0.717, 1.165) is 0 Å². The van der Waals surface area contributed by atoms with E-state index in [9.17, 15) is 65.9 Å². The van der Waals surface area contributed by atoms with E-state index in [4.69, 9.17) is 0 Å². The first-order valence-corrected chi connectivity index (χ1v) is 7.58. The Kier molecular flexibility index (Phi) is 3.36. The van der Waals surface area contributed by atoms with Gasteiger partial charge in [0, 0.05) is 0 Å². The van der Waals surface area contributed by atoms with Gasteiger partial charge in [0.15, 0.2) is 5.41 Å². The molecule has 4 aliphatic rings. The topological polar surface area (TPSA) is 0 Å². The third kappa shape index (κ3) is 1.25. The van der Waals surface area contributed by atoms with E-state index in [1.165, 1.54) is 0 Å². The summed E-state index contributed by atoms with van der Waals surface area (Å²) in [5, 5.41) is 0. The highest BCUT2D eigenvalue weighted by molar-refractivity contribution is 5.53. The minimum Gasteiger partial charge on any atom is -0.223 e. The van der Waals surface area contributed by atoms with Gasteiger partial charge in [-0.3, -0.25) is 0 Å². The second-order valence-electron chi connectivity index (χ2n) is 8.42. The standard InChI is InChI=1S/C14H9F15/c1-4(2,3)5-9(18,19)6(15)12(24,25)7(16,10(5,20)21)14(28,29)8(17,11(5,22)23)13(6,26)27/h1-3H3. The highest BCUT2D eigenvalue weighted by atomic mass is 19.3. The molecule has 0 atom stereocenters. The lowest BCUT2D eigenvalue weighted by Gasteiger charge is -2.77. The van der Waals surface area contributed by atoms with Crippen molar-refractivity contribution in [2.45, 2.75) is 73.3 Å². The average Bonchev–Trinajstić information content (AvgIpc) is 2.45. The van der Waals surface area contributed by atoms with E-state index in [2.05, 4.69) is 0 Å². The van der Waals surface area contributed by atoms with Gasteiger partial charge < -0.3 is 0 Å². The van der Waals surface area contributed by atoms with Gasteiger partial charge in [-0.2, -0.15) is 26.3 Å². The van der Waals surface area contributed by atoms with Gasteiger partial charge in [0.2, 0.25) is 0 Å². The summed E-state index contributed by atoms with van der Waals surface area (Å²) >= 11 is 0. The van der Waals surface area contributed by atoms with Gasteiger partial charge in [-0.1, -0.05) is 20.8 Å². The van der Waals surface area contributed by atoms with Crippen LogP contribution in [0.4, 0.5) is 65.9 Å². The van der Waals surface area contributed by atoms with Crippen LogP contribution < -0.4 is 0 Å². The molecular formula is C14H9F15. The maximum absolute atomic E-state index is 14.8. The van der Waals surface area contributed by atoms with Crippen molar-refractivity contribution in [1.29, 1.82) is 0 Å². The largest absolute Gasteiger partial charge is 0.339 e. The summed E-state index contributed by atoms with van der Waals surface area (Å²) in [4.78, 5) is 0. The highest BCUT2D eigenvalue weighted by Crippen LogP contribution is 2.92. The first kappa shape index (κ1) is 22.6. The number of hydrogen-bond donors (Lipinski definition) is 0. The van der Waals surface area contributed by atoms with Crippen molar-refractivity contribution in [3.05, 3.63) is 0 Å². The van der Waals surface area contributed by atoms with Gasteiger partial charge in [-0.15, -0.1) is 0 Å². The number of hydrogen-bond acceptors (Lipinski definition) is 0. The van der Waals surface area contributed by atoms with Crippen LogP contribution in [0, 0.1) is 10.8 Å². The molecule has 0 unspecified atom stereocenters. The molecule has 4 fully saturated rings. The van der Waals surface area contributed by atoms with E-state index in [1.807, 2.05) is 0 Å². The summed E-state index contributed by atoms with van der Waals surface area (Å²) in [6.45, 7) is -0.332. The van der Waals surface area contributed by atoms with Crippen LogP contribution in [0.5, 0.6) is 0 Å². The summed E-state index contributed by atoms with van der Waals surface area (Å²) in [5.74, 6) is -45.0. The Bertz CT molecular complexity index is 674. The van der Waals surface area contributed by atoms with Crippen molar-refractivity contribution in [3.8, 4) is 0 Å². The molecular weight excluding hydrogens is 453 g/mol. The van der Waals surface area contributed by atoms with Gasteiger partial charge in [-0.05, 0) is 5.41 Å². The second-order valence-corrected chi connectivity index (χ2v) is 8.42. The fourth-order valence-electron chi connectivity index (χ4n) is 5.27. The Hall–Kier alpha value is -1.05. The number of rotatable bonds is 0. The molecule has 0 saturated heterocycles. The zero-order valence-electron chi connectivity index (χ0n) is 14.2. The Morgan fingerprint density at radius 2 is 0.517 bits per heavy atom. The molecule has 170 valence electrons. The maximum atomic E-state index is 14.8. The van der Waals surface area contributed by atoms with Crippen molar-refractivity contribution in [2.75, 3.05) is 0 Å². The third-order valence-corrected chi connectivity index (χ3v) is 6.43. The normalized spacial score (nSPS) is 49.9. The Morgan fingerprint density at radius 3 is 0.655 bits per heavy atom. The van der Waals surface area contributed by atoms with Gasteiger partial charge in [0.25, 0.3) is 0 Å². The second kappa shape index (κ2) is 4.30. The quantitative estimate of drug-likeness (QED) is 0.388. The fraction of sp³-hybridized carbons (Fsp3) is 1.00. The third-order valence-electron chi connectivity index (χ3n) is 6.43. The SMILES string of the molecule is CC(C)(C)C12C(F)(F)C3(F)C(F)(F)C(F)(C(F)(F)C(F)(C3(F)F)C1(F)F)C2(F)F. The van der Waals surface area contributed by atoms with E-state index >= 15 is 0 Å². The number of halogens is 15. The van der Waals surface area contributed by atoms with Crippen molar-refractivity contribution >= 4 is 0 Å². The molecule has 0 aliphatic heterocycles. The summed E-state index contributed by atoms with van der Waals surface area (Å²) < 4.78 is 218. The summed E-state index contributed by atoms with van der Waals surface area (Å²) in [6, 6.07) is 0. The molecule has 0 N–H and O–H groups in total. The van der Waals surface area contributed by atoms with Gasteiger partial charge >= 0.3 is 52.5 Å². The van der Waals surface area contributed by atoms with E-state index in [1.54, 1.807) is 0 Å². The van der Waals surface area contributed by atoms with Crippen LogP contribution in [0.2, 0.25) is 0 Å². The minimum atomic E-state index is -7.71. The summed E-state index contributed by atoms with van der Waals surface area (Å²) in [7, 11) is 0. The van der Waals surface area contributed by atoms with Gasteiger partial charge in [-0.25, -0.2) is 39.5 Å². The zero-order valence-corrected chi connectivity index (χ0v) is 14.2. The molecule has 0 amide bonds. The molecule has 0 radical (unpaired) electrons. The van der Waals surface area contributed by atoms with Crippen molar-refractivity contribution in [2.24, 2.45) is 10.8 Å². The minimum absolute atomic E-state index is 0.111. The molecule has 0 nitrogen and oxygen atoms in total. The van der Waals surface area contributed by atoms with Crippen molar-refractivity contribution in [1.82, 2.24) is 0 Å². The van der Waals surface area contributed by atoms with Crippen molar-refractivity contribution in [3.63, 3.8) is 0 Å². The fourth-order valence-corrected chi connectivity index (χ4v) is 5.27. The molecule has 0 aromatic rings. The smallest absolute Gasteiger partial charge is 0.223 e. The molecule has 4 aliphatic carbocycles. The van der Waals surface area contributed by atoms with E-state index in [0.29, 0.717) is 0 Å². The lowest BCUT2D eigenvalue weighted by molar-refractivity contribution is -0.622. The molecule has 4 rings (SSSR count). The highest BCUT2D eigenvalue weighted by Gasteiger charge is 3.23. The molecule has 0 heterocycles. The van der Waals surface area contributed by atoms with Crippen LogP contribution >= 0.6 is 0 Å². The summed E-state index contributed by atoms with van der Waals surface area (Å²) in [5.41, 5.74) is -32.6. The molecule has 15 heteroatoms. The monoisotopic (exact) mass is 462 g/mol. The maximum Gasteiger partial charge on any atom is 0.339 e. The molecule has 4 bridgehead atoms. The predicted octanol–water partition coefficient (Wildman–Crippen LogP) is 6.00. The van der Waals surface area contributed by atoms with E-state index in [-0.39, 0.29) is 20.8 Å². The Labute approximate surface area is 151 Å². The number of alkyl halides is 15. The van der Waals surface area contributed by atoms with Crippen molar-refractivity contribution < 1.29 is 65.9 Å². The molecule has 0 aromatic carbocycles. The Morgan fingerprint density at radius 1 is 0.345 bits per heavy atom. The van der Waals surface area contributed by atoms with Crippen LogP contribution in [0.1, 0.15) is 20.8 Å². The molecule has 0 spiro atoms. The van der Waals surface area contributed by atoms with Crippen LogP contribution in [-0.2, 0) is 0 Å². The van der Waals surface area contributed by atoms with Crippen LogP contribution in [0.3, 0.4) is 0 Å². The first-order valence-electron chi connectivity index (χ1n) is 7.58. The lowest BCUT2D eigenvalue weighted by Crippen LogP contribution is -3.08. The Balaban J connectivity index is 2.80. The van der Waals surface area contributed by atoms with Gasteiger partial charge in [0.05, 0.1) is 0 Å². The molecule has 29 heavy (non-hydrogen) atoms.